The molecule has 1 aliphatic carbocycles. The van der Waals surface area contributed by atoms with Gasteiger partial charge in [0, 0.05) is 25.1 Å². The van der Waals surface area contributed by atoms with Gasteiger partial charge in [-0.15, -0.1) is 0 Å². The number of aliphatic hydroxyl groups is 1. The van der Waals surface area contributed by atoms with Crippen LogP contribution in [-0.4, -0.2) is 24.4 Å². The van der Waals surface area contributed by atoms with Crippen LogP contribution in [0.5, 0.6) is 0 Å². The molecule has 6 heteroatoms. The SMILES string of the molecule is Cc1nn(C)c(Cl)c1CC(O)c1cncn1C1CC1. The van der Waals surface area contributed by atoms with Crippen molar-refractivity contribution in [2.24, 2.45) is 7.05 Å². The highest BCUT2D eigenvalue weighted by Gasteiger charge is 2.28. The number of hydrogen-bond donors (Lipinski definition) is 1. The Hall–Kier alpha value is -1.33. The summed E-state index contributed by atoms with van der Waals surface area (Å²) in [6.45, 7) is 1.91. The largest absolute Gasteiger partial charge is 0.386 e. The van der Waals surface area contributed by atoms with Crippen molar-refractivity contribution in [1.82, 2.24) is 19.3 Å². The molecule has 19 heavy (non-hydrogen) atoms. The van der Waals surface area contributed by atoms with Crippen molar-refractivity contribution in [2.45, 2.75) is 38.3 Å². The molecule has 0 saturated heterocycles. The fourth-order valence-electron chi connectivity index (χ4n) is 2.43. The Balaban J connectivity index is 1.84. The zero-order valence-corrected chi connectivity index (χ0v) is 11.8. The quantitative estimate of drug-likeness (QED) is 0.934. The molecule has 2 aromatic heterocycles. The molecule has 0 spiro atoms. The molecule has 1 unspecified atom stereocenters. The van der Waals surface area contributed by atoms with Crippen LogP contribution in [0, 0.1) is 6.92 Å². The van der Waals surface area contributed by atoms with Crippen LogP contribution in [0.2, 0.25) is 5.15 Å². The Morgan fingerprint density at radius 3 is 2.84 bits per heavy atom. The second kappa shape index (κ2) is 4.65. The molecule has 1 atom stereocenters. The van der Waals surface area contributed by atoms with Crippen LogP contribution in [-0.2, 0) is 13.5 Å². The van der Waals surface area contributed by atoms with Gasteiger partial charge in [0.15, 0.2) is 0 Å². The molecule has 1 N–H and O–H groups in total. The molecular formula is C13H17ClN4O. The molecular weight excluding hydrogens is 264 g/mol. The highest BCUT2D eigenvalue weighted by atomic mass is 35.5. The number of nitrogens with zero attached hydrogens (tertiary/aromatic N) is 4. The lowest BCUT2D eigenvalue weighted by Gasteiger charge is -2.13. The Labute approximate surface area is 116 Å². The number of imidazole rings is 1. The minimum absolute atomic E-state index is 0.469. The van der Waals surface area contributed by atoms with E-state index < -0.39 is 6.10 Å². The molecule has 1 saturated carbocycles. The number of aryl methyl sites for hydroxylation is 2. The number of rotatable bonds is 4. The third-order valence-corrected chi connectivity index (χ3v) is 4.12. The molecule has 0 bridgehead atoms. The van der Waals surface area contributed by atoms with E-state index in [0.717, 1.165) is 17.0 Å². The number of halogens is 1. The molecule has 2 heterocycles. The molecule has 0 aromatic carbocycles. The standard InChI is InChI=1S/C13H17ClN4O/c1-8-10(13(14)17(2)16-8)5-12(19)11-6-15-7-18(11)9-3-4-9/h6-7,9,12,19H,3-5H2,1-2H3. The first kappa shape index (κ1) is 12.7. The van der Waals surface area contributed by atoms with Gasteiger partial charge in [0.2, 0.25) is 0 Å². The van der Waals surface area contributed by atoms with E-state index in [4.69, 9.17) is 11.6 Å². The van der Waals surface area contributed by atoms with E-state index in [9.17, 15) is 5.11 Å². The number of aliphatic hydroxyl groups excluding tert-OH is 1. The van der Waals surface area contributed by atoms with Crippen LogP contribution in [0.4, 0.5) is 0 Å². The lowest BCUT2D eigenvalue weighted by molar-refractivity contribution is 0.168. The van der Waals surface area contributed by atoms with Crippen molar-refractivity contribution < 1.29 is 5.11 Å². The summed E-state index contributed by atoms with van der Waals surface area (Å²) in [5.41, 5.74) is 2.63. The molecule has 3 rings (SSSR count). The summed E-state index contributed by atoms with van der Waals surface area (Å²) in [5, 5.41) is 15.3. The average Bonchev–Trinajstić information content (AvgIpc) is 3.06. The van der Waals surface area contributed by atoms with Crippen LogP contribution in [0.15, 0.2) is 12.5 Å². The second-order valence-electron chi connectivity index (χ2n) is 5.16. The topological polar surface area (TPSA) is 55.9 Å². The van der Waals surface area contributed by atoms with Crippen LogP contribution in [0.3, 0.4) is 0 Å². The van der Waals surface area contributed by atoms with Gasteiger partial charge in [-0.2, -0.15) is 5.10 Å². The van der Waals surface area contributed by atoms with E-state index in [1.807, 2.05) is 6.92 Å². The minimum atomic E-state index is -0.594. The third-order valence-electron chi connectivity index (χ3n) is 3.65. The zero-order chi connectivity index (χ0) is 13.6. The number of hydrogen-bond acceptors (Lipinski definition) is 3. The van der Waals surface area contributed by atoms with Crippen molar-refractivity contribution in [2.75, 3.05) is 0 Å². The average molecular weight is 281 g/mol. The zero-order valence-electron chi connectivity index (χ0n) is 11.0. The summed E-state index contributed by atoms with van der Waals surface area (Å²) in [6.07, 6.45) is 5.75. The van der Waals surface area contributed by atoms with Crippen molar-refractivity contribution in [3.8, 4) is 0 Å². The van der Waals surface area contributed by atoms with Crippen molar-refractivity contribution in [3.05, 3.63) is 34.6 Å². The van der Waals surface area contributed by atoms with Crippen molar-refractivity contribution in [1.29, 1.82) is 0 Å². The summed E-state index contributed by atoms with van der Waals surface area (Å²) in [4.78, 5) is 4.15. The van der Waals surface area contributed by atoms with Gasteiger partial charge in [0.05, 0.1) is 30.0 Å². The summed E-state index contributed by atoms with van der Waals surface area (Å²) in [7, 11) is 1.81. The summed E-state index contributed by atoms with van der Waals surface area (Å²) in [6, 6.07) is 0.512. The van der Waals surface area contributed by atoms with Crippen molar-refractivity contribution in [3.63, 3.8) is 0 Å². The van der Waals surface area contributed by atoms with Gasteiger partial charge in [-0.25, -0.2) is 4.98 Å². The summed E-state index contributed by atoms with van der Waals surface area (Å²) >= 11 is 6.20. The fraction of sp³-hybridized carbons (Fsp3) is 0.538. The van der Waals surface area contributed by atoms with Gasteiger partial charge in [0.25, 0.3) is 0 Å². The molecule has 2 aromatic rings. The van der Waals surface area contributed by atoms with Gasteiger partial charge < -0.3 is 9.67 Å². The molecule has 0 amide bonds. The van der Waals surface area contributed by atoms with Crippen LogP contribution >= 0.6 is 11.6 Å². The molecule has 1 aliphatic rings. The normalized spacial score (nSPS) is 16.8. The summed E-state index contributed by atoms with van der Waals surface area (Å²) < 4.78 is 3.71. The molecule has 102 valence electrons. The lowest BCUT2D eigenvalue weighted by atomic mass is 10.1. The van der Waals surface area contributed by atoms with Gasteiger partial charge in [-0.1, -0.05) is 11.6 Å². The molecule has 0 radical (unpaired) electrons. The smallest absolute Gasteiger partial charge is 0.130 e. The monoisotopic (exact) mass is 280 g/mol. The highest BCUT2D eigenvalue weighted by Crippen LogP contribution is 2.37. The predicted octanol–water partition coefficient (Wildman–Crippen LogP) is 2.19. The lowest BCUT2D eigenvalue weighted by Crippen LogP contribution is -2.09. The Morgan fingerprint density at radius 2 is 2.26 bits per heavy atom. The molecule has 5 nitrogen and oxygen atoms in total. The Morgan fingerprint density at radius 1 is 1.53 bits per heavy atom. The van der Waals surface area contributed by atoms with Gasteiger partial charge in [-0.3, -0.25) is 4.68 Å². The first-order valence-corrected chi connectivity index (χ1v) is 6.83. The Bertz CT molecular complexity index is 600. The van der Waals surface area contributed by atoms with E-state index in [0.29, 0.717) is 17.6 Å². The van der Waals surface area contributed by atoms with E-state index in [1.54, 1.807) is 24.3 Å². The number of aromatic nitrogens is 4. The Kier molecular flexibility index (Phi) is 3.11. The van der Waals surface area contributed by atoms with Gasteiger partial charge in [0.1, 0.15) is 5.15 Å². The molecule has 0 aliphatic heterocycles. The van der Waals surface area contributed by atoms with E-state index in [2.05, 4.69) is 14.6 Å². The maximum atomic E-state index is 10.4. The summed E-state index contributed by atoms with van der Waals surface area (Å²) in [5.74, 6) is 0. The first-order chi connectivity index (χ1) is 9.08. The highest BCUT2D eigenvalue weighted by molar-refractivity contribution is 6.30. The van der Waals surface area contributed by atoms with E-state index >= 15 is 0 Å². The second-order valence-corrected chi connectivity index (χ2v) is 5.51. The minimum Gasteiger partial charge on any atom is -0.386 e. The van der Waals surface area contributed by atoms with Gasteiger partial charge >= 0.3 is 0 Å². The third kappa shape index (κ3) is 2.28. The van der Waals surface area contributed by atoms with Gasteiger partial charge in [-0.05, 0) is 19.8 Å². The fourth-order valence-corrected chi connectivity index (χ4v) is 2.69. The first-order valence-electron chi connectivity index (χ1n) is 6.45. The van der Waals surface area contributed by atoms with Crippen LogP contribution in [0.25, 0.3) is 0 Å². The van der Waals surface area contributed by atoms with Crippen LogP contribution < -0.4 is 0 Å². The predicted molar refractivity (Wildman–Crippen MR) is 72.1 cm³/mol. The maximum absolute atomic E-state index is 10.4. The maximum Gasteiger partial charge on any atom is 0.130 e. The van der Waals surface area contributed by atoms with Crippen molar-refractivity contribution >= 4 is 11.6 Å². The van der Waals surface area contributed by atoms with E-state index in [-0.39, 0.29) is 0 Å². The van der Waals surface area contributed by atoms with Crippen LogP contribution in [0.1, 0.15) is 41.9 Å². The molecule has 1 fully saturated rings. The van der Waals surface area contributed by atoms with E-state index in [1.165, 1.54) is 12.8 Å².